The van der Waals surface area contributed by atoms with E-state index in [4.69, 9.17) is 5.11 Å². The minimum atomic E-state index is -1.10. The van der Waals surface area contributed by atoms with Gasteiger partial charge in [-0.25, -0.2) is 29.7 Å². The van der Waals surface area contributed by atoms with Crippen LogP contribution in [0, 0.1) is 0 Å². The van der Waals surface area contributed by atoms with Gasteiger partial charge in [0.25, 0.3) is 0 Å². The van der Waals surface area contributed by atoms with E-state index in [2.05, 4.69) is 29.9 Å². The molecule has 0 saturated heterocycles. The Balaban J connectivity index is 1.99. The highest BCUT2D eigenvalue weighted by Gasteiger charge is 2.11. The second-order valence-corrected chi connectivity index (χ2v) is 4.37. The van der Waals surface area contributed by atoms with E-state index in [9.17, 15) is 4.79 Å². The highest BCUT2D eigenvalue weighted by Crippen LogP contribution is 2.26. The summed E-state index contributed by atoms with van der Waals surface area (Å²) in [5, 5.41) is 9.76. The quantitative estimate of drug-likeness (QED) is 0.536. The zero-order valence-electron chi connectivity index (χ0n) is 9.31. The number of nitrogens with zero attached hydrogens (tertiary/aromatic N) is 5. The molecule has 0 aromatic carbocycles. The normalized spacial score (nSPS) is 10.7. The molecule has 0 aliphatic heterocycles. The van der Waals surface area contributed by atoms with Crippen molar-refractivity contribution in [3.05, 3.63) is 30.6 Å². The van der Waals surface area contributed by atoms with E-state index in [1.54, 1.807) is 0 Å². The summed E-state index contributed by atoms with van der Waals surface area (Å²) in [6.07, 6.45) is 4.29. The van der Waals surface area contributed by atoms with Crippen molar-refractivity contribution in [2.75, 3.05) is 0 Å². The molecule has 0 aliphatic carbocycles. The number of carboxylic acids is 1. The predicted molar refractivity (Wildman–Crippen MR) is 64.8 cm³/mol. The minimum absolute atomic E-state index is 0.0626. The third-order valence-electron chi connectivity index (χ3n) is 2.23. The molecule has 0 atom stereocenters. The van der Waals surface area contributed by atoms with Crippen LogP contribution in [0.5, 0.6) is 0 Å². The predicted octanol–water partition coefficient (Wildman–Crippen LogP) is 0.992. The first-order valence-corrected chi connectivity index (χ1v) is 5.94. The molecule has 3 aromatic heterocycles. The van der Waals surface area contributed by atoms with Crippen molar-refractivity contribution in [3.63, 3.8) is 0 Å². The van der Waals surface area contributed by atoms with E-state index in [1.165, 1.54) is 24.9 Å². The minimum Gasteiger partial charge on any atom is -0.477 e. The van der Waals surface area contributed by atoms with Crippen LogP contribution in [-0.2, 0) is 0 Å². The zero-order chi connectivity index (χ0) is 13.2. The van der Waals surface area contributed by atoms with Gasteiger partial charge < -0.3 is 10.1 Å². The maximum Gasteiger partial charge on any atom is 0.354 e. The standard InChI is InChI=1S/C10H6N6O2S/c17-9(18)5-1-2-11-10(16-5)19-8-6-7(13-3-12-6)14-4-15-8/h1-4H,(H,17,18)(H,12,13,14,15). The lowest BCUT2D eigenvalue weighted by atomic mass is 10.4. The van der Waals surface area contributed by atoms with Crippen LogP contribution in [-0.4, -0.2) is 41.0 Å². The van der Waals surface area contributed by atoms with Gasteiger partial charge in [-0.1, -0.05) is 0 Å². The van der Waals surface area contributed by atoms with Gasteiger partial charge in [-0.2, -0.15) is 0 Å². The first kappa shape index (κ1) is 11.5. The molecule has 3 heterocycles. The fourth-order valence-corrected chi connectivity index (χ4v) is 2.20. The summed E-state index contributed by atoms with van der Waals surface area (Å²) in [6.45, 7) is 0. The lowest BCUT2D eigenvalue weighted by molar-refractivity contribution is 0.0689. The highest BCUT2D eigenvalue weighted by molar-refractivity contribution is 7.99. The van der Waals surface area contributed by atoms with Crippen LogP contribution < -0.4 is 0 Å². The third kappa shape index (κ3) is 2.22. The van der Waals surface area contributed by atoms with Gasteiger partial charge in [-0.05, 0) is 17.8 Å². The Morgan fingerprint density at radius 3 is 3.00 bits per heavy atom. The third-order valence-corrected chi connectivity index (χ3v) is 3.11. The van der Waals surface area contributed by atoms with Gasteiger partial charge in [0.1, 0.15) is 16.9 Å². The van der Waals surface area contributed by atoms with Gasteiger partial charge in [0.15, 0.2) is 16.5 Å². The largest absolute Gasteiger partial charge is 0.477 e. The molecule has 2 N–H and O–H groups in total. The van der Waals surface area contributed by atoms with Crippen LogP contribution in [0.25, 0.3) is 11.2 Å². The smallest absolute Gasteiger partial charge is 0.354 e. The molecular formula is C10H6N6O2S. The number of aromatic amines is 1. The number of carbonyl (C=O) groups is 1. The van der Waals surface area contributed by atoms with Gasteiger partial charge in [0, 0.05) is 6.20 Å². The molecule has 0 aliphatic rings. The number of aromatic carboxylic acids is 1. The van der Waals surface area contributed by atoms with Gasteiger partial charge in [0.2, 0.25) is 0 Å². The van der Waals surface area contributed by atoms with Gasteiger partial charge in [-0.3, -0.25) is 0 Å². The van der Waals surface area contributed by atoms with Crippen LogP contribution in [0.2, 0.25) is 0 Å². The molecule has 0 spiro atoms. The van der Waals surface area contributed by atoms with Gasteiger partial charge in [0.05, 0.1) is 6.33 Å². The maximum atomic E-state index is 10.8. The number of nitrogens with one attached hydrogen (secondary N) is 1. The van der Waals surface area contributed by atoms with Crippen molar-refractivity contribution in [1.82, 2.24) is 29.9 Å². The summed E-state index contributed by atoms with van der Waals surface area (Å²) < 4.78 is 0. The SMILES string of the molecule is O=C(O)c1ccnc(Sc2ncnc3nc[nH]c23)n1. The molecule has 9 heteroatoms. The molecule has 0 fully saturated rings. The second-order valence-electron chi connectivity index (χ2n) is 3.41. The van der Waals surface area contributed by atoms with E-state index in [0.717, 1.165) is 11.8 Å². The number of fused-ring (bicyclic) bond motifs is 1. The number of rotatable bonds is 3. The summed E-state index contributed by atoms with van der Waals surface area (Å²) in [4.78, 5) is 33.8. The van der Waals surface area contributed by atoms with Crippen LogP contribution in [0.4, 0.5) is 0 Å². The summed E-state index contributed by atoms with van der Waals surface area (Å²) in [5.74, 6) is -1.10. The van der Waals surface area contributed by atoms with E-state index in [1.807, 2.05) is 0 Å². The summed E-state index contributed by atoms with van der Waals surface area (Å²) in [5.41, 5.74) is 1.14. The molecule has 0 saturated carbocycles. The average molecular weight is 274 g/mol. The van der Waals surface area contributed by atoms with Crippen molar-refractivity contribution in [1.29, 1.82) is 0 Å². The lowest BCUT2D eigenvalue weighted by Crippen LogP contribution is -2.01. The van der Waals surface area contributed by atoms with Crippen LogP contribution in [0.1, 0.15) is 10.5 Å². The van der Waals surface area contributed by atoms with Crippen molar-refractivity contribution in [3.8, 4) is 0 Å². The van der Waals surface area contributed by atoms with E-state index >= 15 is 0 Å². The van der Waals surface area contributed by atoms with Crippen molar-refractivity contribution >= 4 is 28.9 Å². The highest BCUT2D eigenvalue weighted by atomic mass is 32.2. The Labute approximate surface area is 110 Å². The zero-order valence-corrected chi connectivity index (χ0v) is 10.1. The van der Waals surface area contributed by atoms with Crippen molar-refractivity contribution in [2.24, 2.45) is 0 Å². The lowest BCUT2D eigenvalue weighted by Gasteiger charge is -2.00. The average Bonchev–Trinajstić information content (AvgIpc) is 2.88. The Morgan fingerprint density at radius 1 is 1.26 bits per heavy atom. The monoisotopic (exact) mass is 274 g/mol. The Bertz CT molecular complexity index is 758. The Kier molecular flexibility index (Phi) is 2.80. The summed E-state index contributed by atoms with van der Waals surface area (Å²) in [6, 6.07) is 1.33. The molecule has 0 amide bonds. The fourth-order valence-electron chi connectivity index (χ4n) is 1.42. The number of aromatic nitrogens is 6. The molecule has 8 nitrogen and oxygen atoms in total. The molecule has 0 radical (unpaired) electrons. The fraction of sp³-hybridized carbons (Fsp3) is 0. The Hall–Kier alpha value is -2.55. The number of hydrogen-bond acceptors (Lipinski definition) is 7. The molecular weight excluding hydrogens is 268 g/mol. The van der Waals surface area contributed by atoms with E-state index in [0.29, 0.717) is 21.3 Å². The maximum absolute atomic E-state index is 10.8. The van der Waals surface area contributed by atoms with Crippen LogP contribution >= 0.6 is 11.8 Å². The summed E-state index contributed by atoms with van der Waals surface area (Å²) >= 11 is 1.15. The summed E-state index contributed by atoms with van der Waals surface area (Å²) in [7, 11) is 0. The molecule has 0 bridgehead atoms. The molecule has 0 unspecified atom stereocenters. The van der Waals surface area contributed by atoms with E-state index < -0.39 is 5.97 Å². The van der Waals surface area contributed by atoms with Gasteiger partial charge in [-0.15, -0.1) is 0 Å². The Morgan fingerprint density at radius 2 is 2.16 bits per heavy atom. The number of H-pyrrole nitrogens is 1. The molecule has 94 valence electrons. The first-order valence-electron chi connectivity index (χ1n) is 5.12. The number of carboxylic acid groups (broad SMARTS) is 1. The molecule has 3 aromatic rings. The van der Waals surface area contributed by atoms with Gasteiger partial charge >= 0.3 is 5.97 Å². The number of imidazole rings is 1. The number of hydrogen-bond donors (Lipinski definition) is 2. The first-order chi connectivity index (χ1) is 9.24. The van der Waals surface area contributed by atoms with Crippen molar-refractivity contribution < 1.29 is 9.90 Å². The topological polar surface area (TPSA) is 118 Å². The second kappa shape index (κ2) is 4.61. The molecule has 3 rings (SSSR count). The van der Waals surface area contributed by atoms with E-state index in [-0.39, 0.29) is 5.69 Å². The van der Waals surface area contributed by atoms with Crippen LogP contribution in [0.3, 0.4) is 0 Å². The molecule has 19 heavy (non-hydrogen) atoms. The van der Waals surface area contributed by atoms with Crippen molar-refractivity contribution in [2.45, 2.75) is 10.2 Å². The van der Waals surface area contributed by atoms with Crippen LogP contribution in [0.15, 0.2) is 35.1 Å².